The molecule has 6 nitrogen and oxygen atoms in total. The van der Waals surface area contributed by atoms with Crippen LogP contribution in [0, 0.1) is 6.92 Å². The van der Waals surface area contributed by atoms with Crippen molar-refractivity contribution in [1.82, 2.24) is 4.57 Å². The second-order valence-electron chi connectivity index (χ2n) is 4.58. The normalized spacial score (nSPS) is 11.9. The number of aryl methyl sites for hydroxylation is 1. The van der Waals surface area contributed by atoms with Gasteiger partial charge in [0.1, 0.15) is 0 Å². The molecule has 0 saturated heterocycles. The maximum atomic E-state index is 12.0. The van der Waals surface area contributed by atoms with Crippen LogP contribution in [0.15, 0.2) is 46.5 Å². The molecule has 0 bridgehead atoms. The van der Waals surface area contributed by atoms with Crippen molar-refractivity contribution in [2.24, 2.45) is 10.7 Å². The average Bonchev–Trinajstić information content (AvgIpc) is 2.90. The summed E-state index contributed by atoms with van der Waals surface area (Å²) < 4.78 is 25.7. The van der Waals surface area contributed by atoms with Gasteiger partial charge in [0.15, 0.2) is 9.84 Å². The Morgan fingerprint density at radius 1 is 1.29 bits per heavy atom. The van der Waals surface area contributed by atoms with Crippen LogP contribution in [-0.4, -0.2) is 31.5 Å². The zero-order valence-electron chi connectivity index (χ0n) is 11.6. The molecule has 0 fully saturated rings. The van der Waals surface area contributed by atoms with Gasteiger partial charge in [0, 0.05) is 24.2 Å². The molecule has 2 N–H and O–H groups in total. The fourth-order valence-corrected chi connectivity index (χ4v) is 2.91. The first-order valence-corrected chi connectivity index (χ1v) is 8.00. The Morgan fingerprint density at radius 2 is 1.90 bits per heavy atom. The third-order valence-electron chi connectivity index (χ3n) is 3.01. The van der Waals surface area contributed by atoms with Crippen molar-refractivity contribution in [2.45, 2.75) is 11.8 Å². The van der Waals surface area contributed by atoms with Gasteiger partial charge < -0.3 is 10.3 Å². The molecule has 21 heavy (non-hydrogen) atoms. The highest BCUT2D eigenvalue weighted by Gasteiger charge is 2.19. The van der Waals surface area contributed by atoms with Crippen LogP contribution in [0.2, 0.25) is 0 Å². The summed E-state index contributed by atoms with van der Waals surface area (Å²) in [5.74, 6) is -0.570. The monoisotopic (exact) mass is 305 g/mol. The highest BCUT2D eigenvalue weighted by Crippen LogP contribution is 2.25. The molecule has 1 aromatic carbocycles. The Bertz CT molecular complexity index is 806. The Hall–Kier alpha value is -2.41. The van der Waals surface area contributed by atoms with Crippen molar-refractivity contribution in [1.29, 1.82) is 0 Å². The molecule has 2 aromatic rings. The zero-order valence-corrected chi connectivity index (χ0v) is 12.5. The van der Waals surface area contributed by atoms with Gasteiger partial charge >= 0.3 is 0 Å². The zero-order chi connectivity index (χ0) is 15.6. The molecule has 2 rings (SSSR count). The second kappa shape index (κ2) is 5.53. The third kappa shape index (κ3) is 3.03. The van der Waals surface area contributed by atoms with Crippen molar-refractivity contribution in [3.05, 3.63) is 47.8 Å². The van der Waals surface area contributed by atoms with Crippen LogP contribution < -0.4 is 5.73 Å². The lowest BCUT2D eigenvalue weighted by atomic mass is 10.1. The van der Waals surface area contributed by atoms with E-state index in [0.29, 0.717) is 11.3 Å². The Kier molecular flexibility index (Phi) is 3.95. The van der Waals surface area contributed by atoms with Gasteiger partial charge in [0.05, 0.1) is 16.9 Å². The van der Waals surface area contributed by atoms with E-state index in [2.05, 4.69) is 4.99 Å². The van der Waals surface area contributed by atoms with Crippen molar-refractivity contribution in [3.8, 4) is 5.69 Å². The van der Waals surface area contributed by atoms with E-state index in [1.54, 1.807) is 42.1 Å². The lowest BCUT2D eigenvalue weighted by molar-refractivity contribution is 0.100. The van der Waals surface area contributed by atoms with Crippen LogP contribution in [0.3, 0.4) is 0 Å². The molecular weight excluding hydrogens is 290 g/mol. The quantitative estimate of drug-likeness (QED) is 0.683. The maximum absolute atomic E-state index is 12.0. The van der Waals surface area contributed by atoms with Crippen molar-refractivity contribution in [2.75, 3.05) is 6.26 Å². The third-order valence-corrected chi connectivity index (χ3v) is 4.14. The molecule has 0 aliphatic rings. The molecule has 1 heterocycles. The number of hydrogen-bond donors (Lipinski definition) is 1. The molecule has 1 aromatic heterocycles. The number of nitrogens with two attached hydrogens (primary N) is 1. The number of amides is 1. The van der Waals surface area contributed by atoms with Gasteiger partial charge in [-0.3, -0.25) is 4.79 Å². The first-order chi connectivity index (χ1) is 9.84. The standard InChI is InChI=1S/C14H15N3O3S/c1-10-7-12(17-5-3-4-6-17)13(21(2,19)20)8-11(10)14(18)16-9-15/h3-9H,1-2H3,(H2,15,16,18). The van der Waals surface area contributed by atoms with Gasteiger partial charge in [-0.05, 0) is 36.8 Å². The lowest BCUT2D eigenvalue weighted by Crippen LogP contribution is -2.09. The minimum Gasteiger partial charge on any atom is -0.390 e. The smallest absolute Gasteiger partial charge is 0.278 e. The van der Waals surface area contributed by atoms with Crippen molar-refractivity contribution < 1.29 is 13.2 Å². The molecule has 0 aliphatic carbocycles. The summed E-state index contributed by atoms with van der Waals surface area (Å²) >= 11 is 0. The molecule has 0 atom stereocenters. The van der Waals surface area contributed by atoms with E-state index in [-0.39, 0.29) is 10.5 Å². The van der Waals surface area contributed by atoms with Crippen LogP contribution in [0.4, 0.5) is 0 Å². The number of rotatable bonds is 3. The van der Waals surface area contributed by atoms with Gasteiger partial charge in [0.2, 0.25) is 0 Å². The number of sulfone groups is 1. The summed E-state index contributed by atoms with van der Waals surface area (Å²) in [6.07, 6.45) is 5.47. The van der Waals surface area contributed by atoms with E-state index in [1.165, 1.54) is 6.07 Å². The summed E-state index contributed by atoms with van der Waals surface area (Å²) in [6, 6.07) is 6.57. The van der Waals surface area contributed by atoms with E-state index < -0.39 is 15.7 Å². The van der Waals surface area contributed by atoms with Gasteiger partial charge in [0.25, 0.3) is 5.91 Å². The summed E-state index contributed by atoms with van der Waals surface area (Å²) in [5, 5.41) is 0. The molecule has 0 spiro atoms. The van der Waals surface area contributed by atoms with E-state index in [0.717, 1.165) is 12.6 Å². The van der Waals surface area contributed by atoms with Gasteiger partial charge in [-0.1, -0.05) is 0 Å². The van der Waals surface area contributed by atoms with E-state index in [9.17, 15) is 13.2 Å². The molecule has 1 amide bonds. The minimum atomic E-state index is -3.50. The van der Waals surface area contributed by atoms with E-state index >= 15 is 0 Å². The maximum Gasteiger partial charge on any atom is 0.278 e. The Morgan fingerprint density at radius 3 is 2.43 bits per heavy atom. The minimum absolute atomic E-state index is 0.0693. The van der Waals surface area contributed by atoms with Gasteiger partial charge in [-0.2, -0.15) is 4.99 Å². The number of carbonyl (C=O) groups is 1. The molecular formula is C14H15N3O3S. The van der Waals surface area contributed by atoms with Crippen LogP contribution in [0.1, 0.15) is 15.9 Å². The van der Waals surface area contributed by atoms with Gasteiger partial charge in [-0.15, -0.1) is 0 Å². The second-order valence-corrected chi connectivity index (χ2v) is 6.56. The average molecular weight is 305 g/mol. The van der Waals surface area contributed by atoms with Crippen LogP contribution in [0.5, 0.6) is 0 Å². The van der Waals surface area contributed by atoms with Gasteiger partial charge in [-0.25, -0.2) is 8.42 Å². The largest absolute Gasteiger partial charge is 0.390 e. The van der Waals surface area contributed by atoms with Crippen molar-refractivity contribution in [3.63, 3.8) is 0 Å². The predicted molar refractivity (Wildman–Crippen MR) is 80.6 cm³/mol. The number of carbonyl (C=O) groups excluding carboxylic acids is 1. The predicted octanol–water partition coefficient (Wildman–Crippen LogP) is 1.32. The fraction of sp³-hybridized carbons (Fsp3) is 0.143. The summed E-state index contributed by atoms with van der Waals surface area (Å²) in [6.45, 7) is 1.72. The van der Waals surface area contributed by atoms with Crippen LogP contribution in [-0.2, 0) is 9.84 Å². The number of aliphatic imine (C=N–C) groups is 1. The summed E-state index contributed by atoms with van der Waals surface area (Å²) in [4.78, 5) is 15.4. The molecule has 0 unspecified atom stereocenters. The molecule has 0 aliphatic heterocycles. The topological polar surface area (TPSA) is 94.5 Å². The number of hydrogen-bond acceptors (Lipinski definition) is 3. The van der Waals surface area contributed by atoms with Crippen molar-refractivity contribution >= 4 is 22.1 Å². The number of benzene rings is 1. The molecule has 7 heteroatoms. The lowest BCUT2D eigenvalue weighted by Gasteiger charge is -2.13. The first-order valence-electron chi connectivity index (χ1n) is 6.11. The highest BCUT2D eigenvalue weighted by molar-refractivity contribution is 7.90. The highest BCUT2D eigenvalue weighted by atomic mass is 32.2. The first kappa shape index (κ1) is 15.0. The van der Waals surface area contributed by atoms with Crippen LogP contribution in [0.25, 0.3) is 5.69 Å². The van der Waals surface area contributed by atoms with E-state index in [1.807, 2.05) is 0 Å². The summed E-state index contributed by atoms with van der Waals surface area (Å²) in [7, 11) is -3.50. The molecule has 110 valence electrons. The Balaban J connectivity index is 2.75. The summed E-state index contributed by atoms with van der Waals surface area (Å²) in [5.41, 5.74) is 6.45. The molecule has 0 radical (unpaired) electrons. The van der Waals surface area contributed by atoms with Crippen LogP contribution >= 0.6 is 0 Å². The Labute approximate surface area is 122 Å². The SMILES string of the molecule is Cc1cc(-n2cccc2)c(S(C)(=O)=O)cc1C(=O)N=CN. The fourth-order valence-electron chi connectivity index (χ4n) is 2.03. The van der Waals surface area contributed by atoms with E-state index in [4.69, 9.17) is 5.73 Å². The number of aromatic nitrogens is 1. The molecule has 0 saturated carbocycles. The number of nitrogens with zero attached hydrogens (tertiary/aromatic N) is 2.